The maximum absolute atomic E-state index is 7.38. The highest BCUT2D eigenvalue weighted by atomic mass is 16.5. The van der Waals surface area contributed by atoms with E-state index in [9.17, 15) is 0 Å². The van der Waals surface area contributed by atoms with Gasteiger partial charge in [0.2, 0.25) is 0 Å². The van der Waals surface area contributed by atoms with Gasteiger partial charge in [0.1, 0.15) is 0 Å². The number of likely N-dealkylation sites (N-methyl/N-ethyl adjacent to an activating group) is 1. The third-order valence-electron chi connectivity index (χ3n) is 8.70. The maximum Gasteiger partial charge on any atom is 0.0934 e. The van der Waals surface area contributed by atoms with Crippen LogP contribution in [0, 0.1) is 23.2 Å². The predicted octanol–water partition coefficient (Wildman–Crippen LogP) is 9.06. The summed E-state index contributed by atoms with van der Waals surface area (Å²) in [5.74, 6) is 1.18. The minimum Gasteiger partial charge on any atom is -0.363 e. The Hall–Kier alpha value is -1.90. The van der Waals surface area contributed by atoms with Crippen LogP contribution in [0.3, 0.4) is 0 Å². The Kier molecular flexibility index (Phi) is 11.7. The first-order valence-electron chi connectivity index (χ1n) is 13.8. The second-order valence-corrected chi connectivity index (χ2v) is 12.3. The third-order valence-corrected chi connectivity index (χ3v) is 8.70. The van der Waals surface area contributed by atoms with E-state index in [1.165, 1.54) is 11.1 Å². The van der Waals surface area contributed by atoms with E-state index in [4.69, 9.17) is 4.74 Å². The molecule has 202 valence electrons. The van der Waals surface area contributed by atoms with Crippen LogP contribution >= 0.6 is 0 Å². The van der Waals surface area contributed by atoms with Crippen LogP contribution in [0.1, 0.15) is 87.3 Å². The van der Waals surface area contributed by atoms with Gasteiger partial charge in [-0.05, 0) is 68.0 Å². The molecule has 4 atom stereocenters. The Morgan fingerprint density at radius 3 is 1.64 bits per heavy atom. The molecular formula is C34H55NO. The molecule has 0 saturated carbocycles. The zero-order valence-corrected chi connectivity index (χ0v) is 25.2. The Bertz CT molecular complexity index is 882. The van der Waals surface area contributed by atoms with Crippen molar-refractivity contribution in [1.82, 2.24) is 5.32 Å². The van der Waals surface area contributed by atoms with E-state index in [2.05, 4.69) is 155 Å². The zero-order valence-electron chi connectivity index (χ0n) is 25.2. The number of nitrogens with one attached hydrogen (secondary N) is 1. The second kappa shape index (κ2) is 13.1. The summed E-state index contributed by atoms with van der Waals surface area (Å²) in [6.45, 7) is 32.5. The molecule has 0 heterocycles. The van der Waals surface area contributed by atoms with Crippen molar-refractivity contribution in [2.45, 2.75) is 99.3 Å². The Labute approximate surface area is 223 Å². The normalized spacial score (nSPS) is 17.3. The molecule has 2 aromatic carbocycles. The summed E-state index contributed by atoms with van der Waals surface area (Å²) in [6.07, 6.45) is 0.916. The van der Waals surface area contributed by atoms with E-state index in [-0.39, 0.29) is 11.0 Å². The van der Waals surface area contributed by atoms with Gasteiger partial charge in [-0.3, -0.25) is 0 Å². The molecule has 0 bridgehead atoms. The van der Waals surface area contributed by atoms with Crippen molar-refractivity contribution in [2.75, 3.05) is 6.54 Å². The lowest BCUT2D eigenvalue weighted by molar-refractivity contribution is -0.209. The molecule has 0 radical (unpaired) electrons. The van der Waals surface area contributed by atoms with Crippen LogP contribution < -0.4 is 5.32 Å². The third kappa shape index (κ3) is 7.11. The van der Waals surface area contributed by atoms with Gasteiger partial charge in [0.15, 0.2) is 0 Å². The van der Waals surface area contributed by atoms with Crippen molar-refractivity contribution in [2.24, 2.45) is 23.2 Å². The summed E-state index contributed by atoms with van der Waals surface area (Å²) in [5.41, 5.74) is 1.65. The number of benzene rings is 2. The molecule has 4 unspecified atom stereocenters. The van der Waals surface area contributed by atoms with Crippen molar-refractivity contribution in [1.29, 1.82) is 0 Å². The van der Waals surface area contributed by atoms with E-state index in [0.717, 1.165) is 13.0 Å². The van der Waals surface area contributed by atoms with Gasteiger partial charge in [-0.25, -0.2) is 0 Å². The van der Waals surface area contributed by atoms with Gasteiger partial charge in [-0.1, -0.05) is 116 Å². The summed E-state index contributed by atoms with van der Waals surface area (Å²) in [7, 11) is 0. The SMILES string of the molecule is C=C.CCNC(Cc1ccccc1)(C(C)C(C)C(C)(C)C)C(C)(C)OC(C)(c1ccccc1)C(C)C. The minimum absolute atomic E-state index is 0.188. The summed E-state index contributed by atoms with van der Waals surface area (Å²) >= 11 is 0. The molecule has 2 nitrogen and oxygen atoms in total. The standard InChI is InChI=1S/C32H51NO.C2H4/c1-12-33-32(23-27-19-15-13-16-20-27,26(5)25(4)29(6,7)8)30(9,10)34-31(11,24(2)3)28-21-17-14-18-22-28;1-2/h13-22,24-26,33H,12,23H2,1-11H3;1-2H2. The molecule has 0 aromatic heterocycles. The highest BCUT2D eigenvalue weighted by molar-refractivity contribution is 5.25. The molecule has 0 aliphatic heterocycles. The number of ether oxygens (including phenoxy) is 1. The maximum atomic E-state index is 7.38. The summed E-state index contributed by atoms with van der Waals surface area (Å²) in [6, 6.07) is 21.7. The smallest absolute Gasteiger partial charge is 0.0934 e. The van der Waals surface area contributed by atoms with Crippen molar-refractivity contribution >= 4 is 0 Å². The summed E-state index contributed by atoms with van der Waals surface area (Å²) in [4.78, 5) is 0. The number of rotatable bonds is 11. The Morgan fingerprint density at radius 2 is 1.22 bits per heavy atom. The largest absolute Gasteiger partial charge is 0.363 e. The molecule has 2 aromatic rings. The van der Waals surface area contributed by atoms with Gasteiger partial charge in [0, 0.05) is 0 Å². The van der Waals surface area contributed by atoms with Crippen LogP contribution in [0.5, 0.6) is 0 Å². The van der Waals surface area contributed by atoms with Gasteiger partial charge in [-0.15, -0.1) is 13.2 Å². The average molecular weight is 494 g/mol. The van der Waals surface area contributed by atoms with Crippen LogP contribution in [-0.4, -0.2) is 17.7 Å². The van der Waals surface area contributed by atoms with Crippen LogP contribution in [-0.2, 0) is 16.8 Å². The molecule has 0 fully saturated rings. The summed E-state index contributed by atoms with van der Waals surface area (Å²) in [5, 5.41) is 4.03. The molecule has 0 spiro atoms. The molecule has 36 heavy (non-hydrogen) atoms. The van der Waals surface area contributed by atoms with Gasteiger partial charge in [0.05, 0.1) is 16.7 Å². The van der Waals surface area contributed by atoms with Gasteiger partial charge in [0.25, 0.3) is 0 Å². The van der Waals surface area contributed by atoms with Crippen LogP contribution in [0.15, 0.2) is 73.8 Å². The fourth-order valence-corrected chi connectivity index (χ4v) is 5.67. The molecule has 0 aliphatic carbocycles. The first-order chi connectivity index (χ1) is 16.7. The predicted molar refractivity (Wildman–Crippen MR) is 159 cm³/mol. The van der Waals surface area contributed by atoms with Crippen molar-refractivity contribution in [3.63, 3.8) is 0 Å². The zero-order chi connectivity index (χ0) is 27.8. The van der Waals surface area contributed by atoms with Crippen LogP contribution in [0.4, 0.5) is 0 Å². The fourth-order valence-electron chi connectivity index (χ4n) is 5.67. The van der Waals surface area contributed by atoms with E-state index in [0.29, 0.717) is 17.8 Å². The van der Waals surface area contributed by atoms with Crippen molar-refractivity contribution in [3.05, 3.63) is 84.9 Å². The monoisotopic (exact) mass is 493 g/mol. The van der Waals surface area contributed by atoms with Crippen LogP contribution in [0.25, 0.3) is 0 Å². The minimum atomic E-state index is -0.452. The molecule has 2 heteroatoms. The highest BCUT2D eigenvalue weighted by Gasteiger charge is 2.54. The van der Waals surface area contributed by atoms with E-state index >= 15 is 0 Å². The van der Waals surface area contributed by atoms with Crippen molar-refractivity contribution in [3.8, 4) is 0 Å². The molecular weight excluding hydrogens is 438 g/mol. The molecule has 2 rings (SSSR count). The second-order valence-electron chi connectivity index (χ2n) is 12.3. The lowest BCUT2D eigenvalue weighted by Crippen LogP contribution is -2.69. The summed E-state index contributed by atoms with van der Waals surface area (Å²) < 4.78 is 7.38. The van der Waals surface area contributed by atoms with Gasteiger partial charge in [-0.2, -0.15) is 0 Å². The van der Waals surface area contributed by atoms with E-state index in [1.54, 1.807) is 0 Å². The Balaban J connectivity index is 0.00000316. The van der Waals surface area contributed by atoms with Gasteiger partial charge < -0.3 is 10.1 Å². The lowest BCUT2D eigenvalue weighted by Gasteiger charge is -2.57. The first-order valence-corrected chi connectivity index (χ1v) is 13.8. The first kappa shape index (κ1) is 32.1. The highest BCUT2D eigenvalue weighted by Crippen LogP contribution is 2.48. The van der Waals surface area contributed by atoms with E-state index < -0.39 is 11.2 Å². The molecule has 0 aliphatic rings. The quantitative estimate of drug-likeness (QED) is 0.315. The fraction of sp³-hybridized carbons (Fsp3) is 0.588. The molecule has 1 N–H and O–H groups in total. The van der Waals surface area contributed by atoms with Crippen LogP contribution in [0.2, 0.25) is 0 Å². The molecule has 0 saturated heterocycles. The van der Waals surface area contributed by atoms with Crippen molar-refractivity contribution < 1.29 is 4.74 Å². The lowest BCUT2D eigenvalue weighted by atomic mass is 9.60. The Morgan fingerprint density at radius 1 is 0.750 bits per heavy atom. The van der Waals surface area contributed by atoms with E-state index in [1.807, 2.05) is 0 Å². The number of hydrogen-bond acceptors (Lipinski definition) is 2. The topological polar surface area (TPSA) is 21.3 Å². The van der Waals surface area contributed by atoms with Gasteiger partial charge >= 0.3 is 0 Å². The number of hydrogen-bond donors (Lipinski definition) is 1. The molecule has 0 amide bonds. The average Bonchev–Trinajstić information content (AvgIpc) is 2.84.